The molecular weight excluding hydrogens is 260 g/mol. The summed E-state index contributed by atoms with van der Waals surface area (Å²) in [5.74, 6) is -0.282. The first-order valence-corrected chi connectivity index (χ1v) is 6.49. The van der Waals surface area contributed by atoms with Crippen molar-refractivity contribution in [1.29, 1.82) is 0 Å². The highest BCUT2D eigenvalue weighted by Gasteiger charge is 2.15. The highest BCUT2D eigenvalue weighted by atomic mass is 35.5. The van der Waals surface area contributed by atoms with Crippen molar-refractivity contribution in [3.05, 3.63) is 70.7 Å². The molecule has 0 bridgehead atoms. The van der Waals surface area contributed by atoms with Crippen LogP contribution in [-0.4, -0.2) is 5.97 Å². The Balaban J connectivity index is 2.20. The van der Waals surface area contributed by atoms with Crippen LogP contribution in [0.2, 0.25) is 5.02 Å². The van der Waals surface area contributed by atoms with Crippen LogP contribution in [0.15, 0.2) is 54.6 Å². The fraction of sp³-hybridized carbons (Fsp3) is 0.188. The van der Waals surface area contributed by atoms with Gasteiger partial charge in [-0.15, -0.1) is 0 Å². The van der Waals surface area contributed by atoms with Gasteiger partial charge in [-0.3, -0.25) is 4.79 Å². The van der Waals surface area contributed by atoms with Crippen LogP contribution in [0.4, 0.5) is 0 Å². The lowest BCUT2D eigenvalue weighted by Crippen LogP contribution is -2.11. The molecule has 1 atom stereocenters. The molecule has 0 aliphatic heterocycles. The highest BCUT2D eigenvalue weighted by Crippen LogP contribution is 2.24. The van der Waals surface area contributed by atoms with Gasteiger partial charge in [0, 0.05) is 18.4 Å². The lowest BCUT2D eigenvalue weighted by atomic mass is 10.0. The van der Waals surface area contributed by atoms with Gasteiger partial charge < -0.3 is 4.74 Å². The molecule has 0 heterocycles. The molecule has 0 saturated carbocycles. The van der Waals surface area contributed by atoms with Crippen molar-refractivity contribution in [2.24, 2.45) is 0 Å². The average molecular weight is 275 g/mol. The summed E-state index contributed by atoms with van der Waals surface area (Å²) in [6.45, 7) is 1.42. The van der Waals surface area contributed by atoms with E-state index in [0.29, 0.717) is 11.4 Å². The Morgan fingerprint density at radius 3 is 2.32 bits per heavy atom. The summed E-state index contributed by atoms with van der Waals surface area (Å²) >= 11 is 5.87. The van der Waals surface area contributed by atoms with Crippen LogP contribution in [0.3, 0.4) is 0 Å². The lowest BCUT2D eigenvalue weighted by molar-refractivity contribution is -0.146. The Labute approximate surface area is 118 Å². The van der Waals surface area contributed by atoms with Crippen LogP contribution >= 0.6 is 11.6 Å². The van der Waals surface area contributed by atoms with Crippen molar-refractivity contribution in [3.8, 4) is 0 Å². The van der Waals surface area contributed by atoms with E-state index in [1.165, 1.54) is 6.92 Å². The first-order chi connectivity index (χ1) is 9.15. The molecular formula is C16H15ClO2. The zero-order valence-electron chi connectivity index (χ0n) is 10.7. The maximum atomic E-state index is 11.2. The van der Waals surface area contributed by atoms with E-state index in [-0.39, 0.29) is 12.1 Å². The topological polar surface area (TPSA) is 26.3 Å². The monoisotopic (exact) mass is 274 g/mol. The average Bonchev–Trinajstić information content (AvgIpc) is 2.39. The van der Waals surface area contributed by atoms with E-state index in [1.54, 1.807) is 12.1 Å². The first kappa shape index (κ1) is 13.6. The van der Waals surface area contributed by atoms with E-state index < -0.39 is 0 Å². The number of carbonyl (C=O) groups excluding carboxylic acids is 1. The molecule has 3 heteroatoms. The molecule has 0 aliphatic rings. The number of hydrogen-bond donors (Lipinski definition) is 0. The smallest absolute Gasteiger partial charge is 0.303 e. The van der Waals surface area contributed by atoms with Crippen LogP contribution in [0.5, 0.6) is 0 Å². The second kappa shape index (κ2) is 6.39. The van der Waals surface area contributed by atoms with E-state index in [4.69, 9.17) is 16.3 Å². The fourth-order valence-corrected chi connectivity index (χ4v) is 2.06. The number of hydrogen-bond acceptors (Lipinski definition) is 2. The zero-order chi connectivity index (χ0) is 13.7. The van der Waals surface area contributed by atoms with Gasteiger partial charge in [-0.25, -0.2) is 0 Å². The minimum absolute atomic E-state index is 0.280. The summed E-state index contributed by atoms with van der Waals surface area (Å²) in [6.07, 6.45) is 0.374. The van der Waals surface area contributed by atoms with Crippen LogP contribution in [0.1, 0.15) is 24.2 Å². The molecule has 2 aromatic rings. The van der Waals surface area contributed by atoms with E-state index in [0.717, 1.165) is 11.1 Å². The molecule has 0 radical (unpaired) electrons. The second-order valence-electron chi connectivity index (χ2n) is 4.34. The minimum atomic E-state index is -0.282. The number of carbonyl (C=O) groups is 1. The number of rotatable bonds is 4. The van der Waals surface area contributed by atoms with Gasteiger partial charge in [0.05, 0.1) is 0 Å². The Kier molecular flexibility index (Phi) is 4.58. The molecule has 2 aromatic carbocycles. The molecule has 0 saturated heterocycles. The summed E-state index contributed by atoms with van der Waals surface area (Å²) in [5.41, 5.74) is 2.08. The van der Waals surface area contributed by atoms with Crippen LogP contribution in [0.25, 0.3) is 0 Å². The fourth-order valence-electron chi connectivity index (χ4n) is 1.93. The minimum Gasteiger partial charge on any atom is -0.457 e. The van der Waals surface area contributed by atoms with Gasteiger partial charge in [0.25, 0.3) is 0 Å². The standard InChI is InChI=1S/C16H15ClO2/c1-12(18)19-16(11-13-5-3-2-4-6-13)14-7-9-15(17)10-8-14/h2-10,16H,11H2,1H3. The van der Waals surface area contributed by atoms with Gasteiger partial charge in [-0.2, -0.15) is 0 Å². The van der Waals surface area contributed by atoms with E-state index >= 15 is 0 Å². The van der Waals surface area contributed by atoms with Gasteiger partial charge in [0.2, 0.25) is 0 Å². The third kappa shape index (κ3) is 4.11. The predicted molar refractivity (Wildman–Crippen MR) is 76.1 cm³/mol. The number of benzene rings is 2. The van der Waals surface area contributed by atoms with Crippen molar-refractivity contribution in [2.75, 3.05) is 0 Å². The van der Waals surface area contributed by atoms with Crippen LogP contribution < -0.4 is 0 Å². The highest BCUT2D eigenvalue weighted by molar-refractivity contribution is 6.30. The molecule has 0 N–H and O–H groups in total. The predicted octanol–water partition coefficient (Wildman–Crippen LogP) is 4.19. The maximum absolute atomic E-state index is 11.2. The summed E-state index contributed by atoms with van der Waals surface area (Å²) in [5, 5.41) is 0.671. The SMILES string of the molecule is CC(=O)OC(Cc1ccccc1)c1ccc(Cl)cc1. The molecule has 1 unspecified atom stereocenters. The molecule has 0 amide bonds. The molecule has 98 valence electrons. The van der Waals surface area contributed by atoms with Crippen molar-refractivity contribution in [3.63, 3.8) is 0 Å². The Hall–Kier alpha value is -1.80. The van der Waals surface area contributed by atoms with Gasteiger partial charge in [-0.1, -0.05) is 54.1 Å². The van der Waals surface area contributed by atoms with Crippen molar-refractivity contribution >= 4 is 17.6 Å². The number of esters is 1. The molecule has 0 aliphatic carbocycles. The lowest BCUT2D eigenvalue weighted by Gasteiger charge is -2.17. The normalized spacial score (nSPS) is 11.9. The summed E-state index contributed by atoms with van der Waals surface area (Å²) in [6, 6.07) is 17.3. The van der Waals surface area contributed by atoms with Gasteiger partial charge in [0.1, 0.15) is 6.10 Å². The quantitative estimate of drug-likeness (QED) is 0.782. The third-order valence-electron chi connectivity index (χ3n) is 2.81. The second-order valence-corrected chi connectivity index (χ2v) is 4.78. The Morgan fingerprint density at radius 1 is 1.11 bits per heavy atom. The van der Waals surface area contributed by atoms with E-state index in [2.05, 4.69) is 0 Å². The van der Waals surface area contributed by atoms with E-state index in [9.17, 15) is 4.79 Å². The molecule has 0 spiro atoms. The van der Waals surface area contributed by atoms with E-state index in [1.807, 2.05) is 42.5 Å². The van der Waals surface area contributed by atoms with Crippen molar-refractivity contribution in [2.45, 2.75) is 19.4 Å². The largest absolute Gasteiger partial charge is 0.457 e. The maximum Gasteiger partial charge on any atom is 0.303 e. The van der Waals surface area contributed by atoms with Crippen molar-refractivity contribution < 1.29 is 9.53 Å². The molecule has 2 rings (SSSR count). The van der Waals surface area contributed by atoms with Crippen molar-refractivity contribution in [1.82, 2.24) is 0 Å². The summed E-state index contributed by atoms with van der Waals surface area (Å²) in [4.78, 5) is 11.2. The molecule has 0 fully saturated rings. The number of halogens is 1. The van der Waals surface area contributed by atoms with Gasteiger partial charge in [0.15, 0.2) is 0 Å². The van der Waals surface area contributed by atoms with Crippen LogP contribution in [0, 0.1) is 0 Å². The zero-order valence-corrected chi connectivity index (χ0v) is 11.4. The molecule has 19 heavy (non-hydrogen) atoms. The summed E-state index contributed by atoms with van der Waals surface area (Å²) < 4.78 is 5.40. The molecule has 0 aromatic heterocycles. The summed E-state index contributed by atoms with van der Waals surface area (Å²) in [7, 11) is 0. The van der Waals surface area contributed by atoms with Crippen LogP contribution in [-0.2, 0) is 16.0 Å². The number of ether oxygens (including phenoxy) is 1. The first-order valence-electron chi connectivity index (χ1n) is 6.12. The Morgan fingerprint density at radius 2 is 1.74 bits per heavy atom. The Bertz CT molecular complexity index is 534. The van der Waals surface area contributed by atoms with Gasteiger partial charge in [-0.05, 0) is 23.3 Å². The van der Waals surface area contributed by atoms with Gasteiger partial charge >= 0.3 is 5.97 Å². The molecule has 2 nitrogen and oxygen atoms in total. The third-order valence-corrected chi connectivity index (χ3v) is 3.07.